The average Bonchev–Trinajstić information content (AvgIpc) is 3.73. The van der Waals surface area contributed by atoms with Crippen LogP contribution in [0.25, 0.3) is 22.8 Å². The lowest BCUT2D eigenvalue weighted by Gasteiger charge is -2.29. The fourth-order valence-electron chi connectivity index (χ4n) is 6.51. The second-order valence-corrected chi connectivity index (χ2v) is 11.9. The van der Waals surface area contributed by atoms with E-state index in [1.807, 2.05) is 47.1 Å². The molecule has 0 aliphatic heterocycles. The molecule has 8 heteroatoms. The van der Waals surface area contributed by atoms with Crippen LogP contribution in [-0.2, 0) is 6.54 Å². The number of halogens is 1. The van der Waals surface area contributed by atoms with Crippen LogP contribution in [0.5, 0.6) is 5.75 Å². The Morgan fingerprint density at radius 2 is 1.64 bits per heavy atom. The van der Waals surface area contributed by atoms with Crippen molar-refractivity contribution < 1.29 is 9.53 Å². The Morgan fingerprint density at radius 1 is 0.929 bits per heavy atom. The van der Waals surface area contributed by atoms with Crippen molar-refractivity contribution in [1.29, 1.82) is 0 Å². The van der Waals surface area contributed by atoms with Crippen molar-refractivity contribution in [3.05, 3.63) is 83.1 Å². The van der Waals surface area contributed by atoms with E-state index in [1.54, 1.807) is 19.5 Å². The molecule has 2 fully saturated rings. The molecule has 0 saturated heterocycles. The molecule has 218 valence electrons. The van der Waals surface area contributed by atoms with Gasteiger partial charge >= 0.3 is 0 Å². The summed E-state index contributed by atoms with van der Waals surface area (Å²) in [6.07, 6.45) is 14.3. The standard InChI is InChI=1S/C34H38ClN5O2/c1-42-31-16-15-28(23-30(31)35)33-37-32(26-17-19-36-20-18-26)38-40(33)22-21-39(29-9-5-6-10-29)34(41)27-13-11-25(12-14-27)24-7-3-2-4-8-24/h11-20,23-24,29H,2-10,21-22H2,1H3. The Balaban J connectivity index is 1.27. The van der Waals surface area contributed by atoms with E-state index in [9.17, 15) is 4.79 Å². The molecule has 0 unspecified atom stereocenters. The van der Waals surface area contributed by atoms with Crippen LogP contribution in [0.4, 0.5) is 0 Å². The Hall–Kier alpha value is -3.71. The Bertz CT molecular complexity index is 1490. The molecule has 4 aromatic rings. The molecule has 0 atom stereocenters. The minimum Gasteiger partial charge on any atom is -0.495 e. The van der Waals surface area contributed by atoms with Gasteiger partial charge in [-0.25, -0.2) is 9.67 Å². The molecule has 7 nitrogen and oxygen atoms in total. The van der Waals surface area contributed by atoms with Gasteiger partial charge in [-0.2, -0.15) is 5.10 Å². The molecular formula is C34H38ClN5O2. The lowest BCUT2D eigenvalue weighted by Crippen LogP contribution is -2.41. The van der Waals surface area contributed by atoms with Gasteiger partial charge in [-0.15, -0.1) is 0 Å². The van der Waals surface area contributed by atoms with Gasteiger partial charge in [0.2, 0.25) is 0 Å². The number of nitrogens with zero attached hydrogens (tertiary/aromatic N) is 5. The van der Waals surface area contributed by atoms with E-state index in [4.69, 9.17) is 26.4 Å². The number of amides is 1. The van der Waals surface area contributed by atoms with Crippen LogP contribution < -0.4 is 4.74 Å². The number of hydrogen-bond acceptors (Lipinski definition) is 5. The van der Waals surface area contributed by atoms with Gasteiger partial charge in [-0.1, -0.05) is 55.8 Å². The van der Waals surface area contributed by atoms with Crippen LogP contribution in [0.15, 0.2) is 67.0 Å². The van der Waals surface area contributed by atoms with E-state index >= 15 is 0 Å². The highest BCUT2D eigenvalue weighted by Crippen LogP contribution is 2.34. The second kappa shape index (κ2) is 13.1. The first kappa shape index (κ1) is 28.4. The van der Waals surface area contributed by atoms with E-state index in [1.165, 1.54) is 37.7 Å². The Kier molecular flexibility index (Phi) is 8.84. The summed E-state index contributed by atoms with van der Waals surface area (Å²) in [6, 6.07) is 18.1. The number of pyridine rings is 1. The highest BCUT2D eigenvalue weighted by atomic mass is 35.5. The van der Waals surface area contributed by atoms with Crippen LogP contribution in [-0.4, -0.2) is 50.3 Å². The molecule has 42 heavy (non-hydrogen) atoms. The van der Waals surface area contributed by atoms with Gasteiger partial charge in [-0.3, -0.25) is 9.78 Å². The molecule has 2 aliphatic rings. The number of carbonyl (C=O) groups excluding carboxylic acids is 1. The summed E-state index contributed by atoms with van der Waals surface area (Å²) in [5.74, 6) is 2.63. The summed E-state index contributed by atoms with van der Waals surface area (Å²) >= 11 is 6.50. The molecule has 2 aromatic carbocycles. The molecule has 0 bridgehead atoms. The van der Waals surface area contributed by atoms with Crippen molar-refractivity contribution in [2.75, 3.05) is 13.7 Å². The predicted octanol–water partition coefficient (Wildman–Crippen LogP) is 7.80. The van der Waals surface area contributed by atoms with Crippen LogP contribution in [0, 0.1) is 0 Å². The van der Waals surface area contributed by atoms with Gasteiger partial charge in [0.1, 0.15) is 5.75 Å². The SMILES string of the molecule is COc1ccc(-c2nc(-c3ccncc3)nn2CCN(C(=O)c2ccc(C3CCCCC3)cc2)C2CCCC2)cc1Cl. The van der Waals surface area contributed by atoms with Crippen molar-refractivity contribution in [1.82, 2.24) is 24.6 Å². The number of benzene rings is 2. The smallest absolute Gasteiger partial charge is 0.254 e. The second-order valence-electron chi connectivity index (χ2n) is 11.5. The summed E-state index contributed by atoms with van der Waals surface area (Å²) in [7, 11) is 1.60. The molecule has 0 radical (unpaired) electrons. The summed E-state index contributed by atoms with van der Waals surface area (Å²) in [4.78, 5) is 25.1. The third-order valence-electron chi connectivity index (χ3n) is 8.83. The zero-order valence-corrected chi connectivity index (χ0v) is 25.0. The molecule has 6 rings (SSSR count). The van der Waals surface area contributed by atoms with Crippen LogP contribution in [0.1, 0.15) is 79.6 Å². The van der Waals surface area contributed by atoms with Crippen molar-refractivity contribution in [3.8, 4) is 28.5 Å². The average molecular weight is 584 g/mol. The fourth-order valence-corrected chi connectivity index (χ4v) is 6.77. The van der Waals surface area contributed by atoms with E-state index in [2.05, 4.69) is 22.0 Å². The van der Waals surface area contributed by atoms with E-state index in [0.717, 1.165) is 42.4 Å². The molecule has 2 heterocycles. The normalized spacial score (nSPS) is 16.0. The number of carbonyl (C=O) groups is 1. The third kappa shape index (κ3) is 6.21. The van der Waals surface area contributed by atoms with Crippen molar-refractivity contribution in [3.63, 3.8) is 0 Å². The topological polar surface area (TPSA) is 73.1 Å². The fraction of sp³-hybridized carbons (Fsp3) is 0.412. The maximum absolute atomic E-state index is 14.0. The summed E-state index contributed by atoms with van der Waals surface area (Å²) < 4.78 is 7.26. The van der Waals surface area contributed by atoms with Crippen LogP contribution >= 0.6 is 11.6 Å². The predicted molar refractivity (Wildman–Crippen MR) is 166 cm³/mol. The molecule has 0 N–H and O–H groups in total. The minimum atomic E-state index is 0.0978. The first-order valence-corrected chi connectivity index (χ1v) is 15.6. The van der Waals surface area contributed by atoms with Gasteiger partial charge in [0.05, 0.1) is 18.7 Å². The maximum Gasteiger partial charge on any atom is 0.254 e. The molecular weight excluding hydrogens is 546 g/mol. The lowest BCUT2D eigenvalue weighted by molar-refractivity contribution is 0.0672. The van der Waals surface area contributed by atoms with E-state index in [-0.39, 0.29) is 11.9 Å². The largest absolute Gasteiger partial charge is 0.495 e. The number of aromatic nitrogens is 4. The molecule has 2 aromatic heterocycles. The monoisotopic (exact) mass is 583 g/mol. The van der Waals surface area contributed by atoms with Gasteiger partial charge < -0.3 is 9.64 Å². The van der Waals surface area contributed by atoms with Gasteiger partial charge in [-0.05, 0) is 79.6 Å². The zero-order chi connectivity index (χ0) is 28.9. The minimum absolute atomic E-state index is 0.0978. The van der Waals surface area contributed by atoms with Gasteiger partial charge in [0.15, 0.2) is 11.6 Å². The van der Waals surface area contributed by atoms with Gasteiger partial charge in [0.25, 0.3) is 5.91 Å². The van der Waals surface area contributed by atoms with Crippen molar-refractivity contribution >= 4 is 17.5 Å². The third-order valence-corrected chi connectivity index (χ3v) is 9.13. The lowest BCUT2D eigenvalue weighted by atomic mass is 9.84. The first-order valence-electron chi connectivity index (χ1n) is 15.2. The van der Waals surface area contributed by atoms with Crippen LogP contribution in [0.2, 0.25) is 5.02 Å². The molecule has 0 spiro atoms. The first-order chi connectivity index (χ1) is 20.6. The quantitative estimate of drug-likeness (QED) is 0.201. The van der Waals surface area contributed by atoms with Gasteiger partial charge in [0, 0.05) is 41.7 Å². The van der Waals surface area contributed by atoms with Crippen LogP contribution in [0.3, 0.4) is 0 Å². The van der Waals surface area contributed by atoms with Crippen molar-refractivity contribution in [2.45, 2.75) is 76.3 Å². The summed E-state index contributed by atoms with van der Waals surface area (Å²) in [5.41, 5.74) is 3.85. The number of rotatable bonds is 9. The number of methoxy groups -OCH3 is 1. The summed E-state index contributed by atoms with van der Waals surface area (Å²) in [6.45, 7) is 1.06. The molecule has 2 aliphatic carbocycles. The maximum atomic E-state index is 14.0. The van der Waals surface area contributed by atoms with E-state index in [0.29, 0.717) is 41.4 Å². The molecule has 2 saturated carbocycles. The summed E-state index contributed by atoms with van der Waals surface area (Å²) in [5, 5.41) is 5.40. The Labute approximate surface area is 252 Å². The van der Waals surface area contributed by atoms with Crippen molar-refractivity contribution in [2.24, 2.45) is 0 Å². The highest BCUT2D eigenvalue weighted by Gasteiger charge is 2.28. The zero-order valence-electron chi connectivity index (χ0n) is 24.2. The van der Waals surface area contributed by atoms with E-state index < -0.39 is 0 Å². The Morgan fingerprint density at radius 3 is 2.33 bits per heavy atom. The molecule has 1 amide bonds. The highest BCUT2D eigenvalue weighted by molar-refractivity contribution is 6.32. The number of hydrogen-bond donors (Lipinski definition) is 0. The number of ether oxygens (including phenoxy) is 1.